The lowest BCUT2D eigenvalue weighted by Gasteiger charge is -2.02. The van der Waals surface area contributed by atoms with Gasteiger partial charge < -0.3 is 11.1 Å². The highest BCUT2D eigenvalue weighted by Crippen LogP contribution is 2.24. The Bertz CT molecular complexity index is 643. The molecule has 2 rings (SSSR count). The van der Waals surface area contributed by atoms with E-state index in [1.807, 2.05) is 19.1 Å². The normalized spacial score (nSPS) is 10.4. The summed E-state index contributed by atoms with van der Waals surface area (Å²) in [5.74, 6) is -0.274. The topological polar surface area (TPSA) is 85.1 Å². The van der Waals surface area contributed by atoms with Gasteiger partial charge in [-0.05, 0) is 13.8 Å². The van der Waals surface area contributed by atoms with E-state index in [2.05, 4.69) is 10.3 Å². The summed E-state index contributed by atoms with van der Waals surface area (Å²) in [7, 11) is 0. The van der Waals surface area contributed by atoms with Crippen LogP contribution in [0.5, 0.6) is 0 Å². The summed E-state index contributed by atoms with van der Waals surface area (Å²) < 4.78 is 0. The minimum Gasteiger partial charge on any atom is -0.389 e. The molecule has 1 heterocycles. The van der Waals surface area contributed by atoms with Crippen molar-refractivity contribution in [2.75, 3.05) is 11.1 Å². The number of aryl methyl sites for hydroxylation is 2. The fourth-order valence-corrected chi connectivity index (χ4v) is 2.50. The highest BCUT2D eigenvalue weighted by atomic mass is 32.1. The molecule has 1 aromatic heterocycles. The maximum absolute atomic E-state index is 12.0. The van der Waals surface area contributed by atoms with Crippen molar-refractivity contribution in [3.05, 3.63) is 41.1 Å². The molecule has 21 heavy (non-hydrogen) atoms. The van der Waals surface area contributed by atoms with Gasteiger partial charge in [-0.1, -0.05) is 41.2 Å². The van der Waals surface area contributed by atoms with Crippen molar-refractivity contribution in [2.24, 2.45) is 0 Å². The van der Waals surface area contributed by atoms with Gasteiger partial charge >= 0.3 is 0 Å². The molecule has 1 amide bonds. The first kappa shape index (κ1) is 15.2. The molecule has 5 nitrogen and oxygen atoms in total. The number of thiazole rings is 1. The molecule has 0 unspecified atom stereocenters. The average Bonchev–Trinajstić information content (AvgIpc) is 2.75. The summed E-state index contributed by atoms with van der Waals surface area (Å²) in [5.41, 5.74) is 8.10. The first-order valence-corrected chi connectivity index (χ1v) is 7.40. The Morgan fingerprint density at radius 3 is 2.43 bits per heavy atom. The van der Waals surface area contributed by atoms with Gasteiger partial charge in [0.25, 0.3) is 0 Å². The largest absolute Gasteiger partial charge is 0.389 e. The predicted molar refractivity (Wildman–Crippen MR) is 84.6 cm³/mol. The van der Waals surface area contributed by atoms with Crippen molar-refractivity contribution in [3.8, 4) is 0 Å². The first-order chi connectivity index (χ1) is 9.95. The molecule has 0 saturated carbocycles. The standard InChI is InChI=1S/C15H17N3O2S/c1-9-3-5-11(6-4-9)12(19)7-8-13(20)18-15-17-10(2)14(16)21-15/h3-6H,7-8,16H2,1-2H3,(H,17,18,20). The molecule has 0 atom stereocenters. The summed E-state index contributed by atoms with van der Waals surface area (Å²) in [6, 6.07) is 7.32. The summed E-state index contributed by atoms with van der Waals surface area (Å²) in [6.45, 7) is 3.74. The molecule has 0 saturated heterocycles. The maximum atomic E-state index is 12.0. The van der Waals surface area contributed by atoms with E-state index in [1.54, 1.807) is 19.1 Å². The third-order valence-electron chi connectivity index (χ3n) is 3.03. The maximum Gasteiger partial charge on any atom is 0.226 e. The minimum atomic E-state index is -0.232. The van der Waals surface area contributed by atoms with Gasteiger partial charge in [-0.2, -0.15) is 0 Å². The number of hydrogen-bond acceptors (Lipinski definition) is 5. The molecule has 110 valence electrons. The summed E-state index contributed by atoms with van der Waals surface area (Å²) in [5, 5.41) is 3.71. The van der Waals surface area contributed by atoms with Crippen LogP contribution in [0.3, 0.4) is 0 Å². The van der Waals surface area contributed by atoms with Crippen molar-refractivity contribution in [1.29, 1.82) is 0 Å². The second-order valence-electron chi connectivity index (χ2n) is 4.81. The number of anilines is 2. The van der Waals surface area contributed by atoms with Crippen molar-refractivity contribution in [3.63, 3.8) is 0 Å². The van der Waals surface area contributed by atoms with Gasteiger partial charge in [0.05, 0.1) is 5.69 Å². The number of benzene rings is 1. The molecule has 3 N–H and O–H groups in total. The van der Waals surface area contributed by atoms with Crippen molar-refractivity contribution in [1.82, 2.24) is 4.98 Å². The van der Waals surface area contributed by atoms with Crippen LogP contribution in [0.2, 0.25) is 0 Å². The van der Waals surface area contributed by atoms with Crippen LogP contribution in [0.25, 0.3) is 0 Å². The Labute approximate surface area is 127 Å². The van der Waals surface area contributed by atoms with Gasteiger partial charge in [0.15, 0.2) is 10.9 Å². The fourth-order valence-electron chi connectivity index (χ4n) is 1.75. The Morgan fingerprint density at radius 1 is 1.19 bits per heavy atom. The van der Waals surface area contributed by atoms with Gasteiger partial charge in [-0.15, -0.1) is 0 Å². The summed E-state index contributed by atoms with van der Waals surface area (Å²) >= 11 is 1.22. The van der Waals surface area contributed by atoms with E-state index >= 15 is 0 Å². The summed E-state index contributed by atoms with van der Waals surface area (Å²) in [4.78, 5) is 27.9. The molecule has 0 fully saturated rings. The lowest BCUT2D eigenvalue weighted by Crippen LogP contribution is -2.13. The van der Waals surface area contributed by atoms with Gasteiger partial charge in [0, 0.05) is 18.4 Å². The van der Waals surface area contributed by atoms with E-state index in [9.17, 15) is 9.59 Å². The van der Waals surface area contributed by atoms with Crippen LogP contribution in [-0.2, 0) is 4.79 Å². The molecule has 2 aromatic rings. The van der Waals surface area contributed by atoms with Crippen LogP contribution in [0.4, 0.5) is 10.1 Å². The molecule has 0 radical (unpaired) electrons. The van der Waals surface area contributed by atoms with Gasteiger partial charge in [-0.25, -0.2) is 4.98 Å². The monoisotopic (exact) mass is 303 g/mol. The van der Waals surface area contributed by atoms with Crippen LogP contribution >= 0.6 is 11.3 Å². The van der Waals surface area contributed by atoms with Crippen LogP contribution in [-0.4, -0.2) is 16.7 Å². The van der Waals surface area contributed by atoms with E-state index in [1.165, 1.54) is 11.3 Å². The van der Waals surface area contributed by atoms with Crippen molar-refractivity contribution < 1.29 is 9.59 Å². The minimum absolute atomic E-state index is 0.0417. The van der Waals surface area contributed by atoms with E-state index in [0.29, 0.717) is 21.4 Å². The summed E-state index contributed by atoms with van der Waals surface area (Å²) in [6.07, 6.45) is 0.306. The molecule has 1 aromatic carbocycles. The molecule has 0 aliphatic rings. The number of Topliss-reactive ketones (excluding diaryl/α,β-unsaturated/α-hetero) is 1. The lowest BCUT2D eigenvalue weighted by molar-refractivity contribution is -0.116. The molecule has 0 bridgehead atoms. The fraction of sp³-hybridized carbons (Fsp3) is 0.267. The number of aromatic nitrogens is 1. The third-order valence-corrected chi connectivity index (χ3v) is 3.93. The molecule has 0 aliphatic heterocycles. The zero-order valence-electron chi connectivity index (χ0n) is 12.0. The highest BCUT2D eigenvalue weighted by molar-refractivity contribution is 7.19. The quantitative estimate of drug-likeness (QED) is 0.832. The molecular weight excluding hydrogens is 286 g/mol. The predicted octanol–water partition coefficient (Wildman–Crippen LogP) is 2.94. The Hall–Kier alpha value is -2.21. The van der Waals surface area contributed by atoms with Crippen LogP contribution in [0.1, 0.15) is 34.5 Å². The third kappa shape index (κ3) is 4.13. The number of carbonyl (C=O) groups is 2. The number of rotatable bonds is 5. The smallest absolute Gasteiger partial charge is 0.226 e. The Balaban J connectivity index is 1.86. The van der Waals surface area contributed by atoms with Gasteiger partial charge in [0.2, 0.25) is 5.91 Å². The van der Waals surface area contributed by atoms with E-state index in [-0.39, 0.29) is 24.5 Å². The average molecular weight is 303 g/mol. The zero-order chi connectivity index (χ0) is 15.4. The van der Waals surface area contributed by atoms with Gasteiger partial charge in [-0.3, -0.25) is 9.59 Å². The second kappa shape index (κ2) is 6.49. The van der Waals surface area contributed by atoms with Gasteiger partial charge in [0.1, 0.15) is 5.00 Å². The number of nitrogens with one attached hydrogen (secondary N) is 1. The first-order valence-electron chi connectivity index (χ1n) is 6.58. The number of hydrogen-bond donors (Lipinski definition) is 2. The SMILES string of the molecule is Cc1ccc(C(=O)CCC(=O)Nc2nc(C)c(N)s2)cc1. The molecule has 6 heteroatoms. The molecular formula is C15H17N3O2S. The number of nitrogen functional groups attached to an aromatic ring is 1. The number of nitrogens with zero attached hydrogens (tertiary/aromatic N) is 1. The Kier molecular flexibility index (Phi) is 4.70. The van der Waals surface area contributed by atoms with E-state index in [0.717, 1.165) is 5.56 Å². The number of amides is 1. The lowest BCUT2D eigenvalue weighted by atomic mass is 10.1. The second-order valence-corrected chi connectivity index (χ2v) is 5.84. The zero-order valence-corrected chi connectivity index (χ0v) is 12.8. The number of carbonyl (C=O) groups excluding carboxylic acids is 2. The van der Waals surface area contributed by atoms with E-state index < -0.39 is 0 Å². The number of nitrogens with two attached hydrogens (primary N) is 1. The molecule has 0 aliphatic carbocycles. The van der Waals surface area contributed by atoms with Crippen LogP contribution < -0.4 is 11.1 Å². The van der Waals surface area contributed by atoms with E-state index in [4.69, 9.17) is 5.73 Å². The Morgan fingerprint density at radius 2 is 1.86 bits per heavy atom. The van der Waals surface area contributed by atoms with Crippen LogP contribution in [0, 0.1) is 13.8 Å². The number of ketones is 1. The molecule has 0 spiro atoms. The van der Waals surface area contributed by atoms with Crippen LogP contribution in [0.15, 0.2) is 24.3 Å². The van der Waals surface area contributed by atoms with Crippen molar-refractivity contribution >= 4 is 33.2 Å². The van der Waals surface area contributed by atoms with Crippen molar-refractivity contribution in [2.45, 2.75) is 26.7 Å². The highest BCUT2D eigenvalue weighted by Gasteiger charge is 2.11.